The Kier molecular flexibility index (Phi) is 5.78. The van der Waals surface area contributed by atoms with Crippen LogP contribution in [0.25, 0.3) is 11.4 Å². The normalized spacial score (nSPS) is 16.5. The van der Waals surface area contributed by atoms with Gasteiger partial charge in [0, 0.05) is 25.7 Å². The van der Waals surface area contributed by atoms with Crippen molar-refractivity contribution in [3.05, 3.63) is 29.8 Å². The topological polar surface area (TPSA) is 51.0 Å². The Morgan fingerprint density at radius 3 is 2.56 bits per heavy atom. The SMILES string of the molecule is Cc1cccc(-c2nnc(SC(C)C(=O)N3CCCCCC3)n2C)c1. The molecule has 1 saturated heterocycles. The molecule has 0 aliphatic carbocycles. The summed E-state index contributed by atoms with van der Waals surface area (Å²) < 4.78 is 1.98. The van der Waals surface area contributed by atoms with Crippen molar-refractivity contribution in [1.29, 1.82) is 0 Å². The number of thioether (sulfide) groups is 1. The molecular weight excluding hydrogens is 332 g/mol. The fourth-order valence-electron chi connectivity index (χ4n) is 3.21. The van der Waals surface area contributed by atoms with Gasteiger partial charge in [-0.1, -0.05) is 48.4 Å². The molecule has 6 heteroatoms. The Balaban J connectivity index is 1.71. The molecule has 1 fully saturated rings. The average Bonchev–Trinajstić information content (AvgIpc) is 2.80. The summed E-state index contributed by atoms with van der Waals surface area (Å²) in [5, 5.41) is 9.28. The van der Waals surface area contributed by atoms with Crippen LogP contribution in [0.3, 0.4) is 0 Å². The molecule has 1 aromatic carbocycles. The maximum atomic E-state index is 12.7. The lowest BCUT2D eigenvalue weighted by molar-refractivity contribution is -0.130. The van der Waals surface area contributed by atoms with Crippen molar-refractivity contribution in [2.24, 2.45) is 7.05 Å². The van der Waals surface area contributed by atoms with Crippen LogP contribution in [-0.4, -0.2) is 43.9 Å². The molecule has 0 spiro atoms. The van der Waals surface area contributed by atoms with Crippen LogP contribution in [0.2, 0.25) is 0 Å². The van der Waals surface area contributed by atoms with Gasteiger partial charge in [0.25, 0.3) is 0 Å². The second-order valence-electron chi connectivity index (χ2n) is 6.73. The van der Waals surface area contributed by atoms with Crippen molar-refractivity contribution in [1.82, 2.24) is 19.7 Å². The van der Waals surface area contributed by atoms with Gasteiger partial charge in [0.1, 0.15) is 0 Å². The van der Waals surface area contributed by atoms with Gasteiger partial charge in [-0.3, -0.25) is 4.79 Å². The molecule has 2 heterocycles. The molecule has 1 amide bonds. The van der Waals surface area contributed by atoms with Crippen LogP contribution in [0.15, 0.2) is 29.4 Å². The zero-order chi connectivity index (χ0) is 17.8. The Bertz CT molecular complexity index is 735. The first kappa shape index (κ1) is 18.0. The number of hydrogen-bond acceptors (Lipinski definition) is 4. The van der Waals surface area contributed by atoms with E-state index in [0.29, 0.717) is 0 Å². The van der Waals surface area contributed by atoms with Crippen molar-refractivity contribution in [2.75, 3.05) is 13.1 Å². The van der Waals surface area contributed by atoms with Crippen LogP contribution in [0.1, 0.15) is 38.2 Å². The Morgan fingerprint density at radius 2 is 1.88 bits per heavy atom. The summed E-state index contributed by atoms with van der Waals surface area (Å²) >= 11 is 1.50. The maximum absolute atomic E-state index is 12.7. The van der Waals surface area contributed by atoms with Gasteiger partial charge in [-0.25, -0.2) is 0 Å². The van der Waals surface area contributed by atoms with E-state index in [9.17, 15) is 4.79 Å². The number of amides is 1. The van der Waals surface area contributed by atoms with Crippen molar-refractivity contribution in [3.63, 3.8) is 0 Å². The fraction of sp³-hybridized carbons (Fsp3) is 0.526. The zero-order valence-electron chi connectivity index (χ0n) is 15.2. The summed E-state index contributed by atoms with van der Waals surface area (Å²) in [5.41, 5.74) is 2.24. The van der Waals surface area contributed by atoms with E-state index in [-0.39, 0.29) is 11.2 Å². The maximum Gasteiger partial charge on any atom is 0.235 e. The van der Waals surface area contributed by atoms with Gasteiger partial charge in [0.05, 0.1) is 5.25 Å². The first-order valence-corrected chi connectivity index (χ1v) is 9.86. The minimum absolute atomic E-state index is 0.147. The lowest BCUT2D eigenvalue weighted by Crippen LogP contribution is -2.37. The first-order chi connectivity index (χ1) is 12.1. The van der Waals surface area contributed by atoms with Crippen LogP contribution < -0.4 is 0 Å². The highest BCUT2D eigenvalue weighted by molar-refractivity contribution is 8.00. The minimum atomic E-state index is -0.147. The van der Waals surface area contributed by atoms with Gasteiger partial charge in [-0.2, -0.15) is 0 Å². The molecule has 1 aliphatic rings. The van der Waals surface area contributed by atoms with Crippen molar-refractivity contribution < 1.29 is 4.79 Å². The van der Waals surface area contributed by atoms with Crippen LogP contribution in [-0.2, 0) is 11.8 Å². The molecule has 0 N–H and O–H groups in total. The number of carbonyl (C=O) groups excluding carboxylic acids is 1. The molecule has 1 aromatic heterocycles. The summed E-state index contributed by atoms with van der Waals surface area (Å²) in [6.07, 6.45) is 4.69. The molecule has 134 valence electrons. The number of likely N-dealkylation sites (tertiary alicyclic amines) is 1. The van der Waals surface area contributed by atoms with Crippen LogP contribution in [0.4, 0.5) is 0 Å². The number of hydrogen-bond donors (Lipinski definition) is 0. The predicted octanol–water partition coefficient (Wildman–Crippen LogP) is 3.67. The number of benzene rings is 1. The summed E-state index contributed by atoms with van der Waals surface area (Å²) in [4.78, 5) is 14.8. The van der Waals surface area contributed by atoms with Crippen LogP contribution in [0.5, 0.6) is 0 Å². The highest BCUT2D eigenvalue weighted by atomic mass is 32.2. The molecule has 1 atom stereocenters. The lowest BCUT2D eigenvalue weighted by atomic mass is 10.1. The highest BCUT2D eigenvalue weighted by Crippen LogP contribution is 2.27. The Hall–Kier alpha value is -1.82. The standard InChI is InChI=1S/C19H26N4OS/c1-14-9-8-10-16(13-14)17-20-21-19(22(17)3)25-15(2)18(24)23-11-6-4-5-7-12-23/h8-10,13,15H,4-7,11-12H2,1-3H3. The van der Waals surface area contributed by atoms with E-state index in [1.807, 2.05) is 35.6 Å². The van der Waals surface area contributed by atoms with E-state index in [1.165, 1.54) is 30.2 Å². The van der Waals surface area contributed by atoms with Gasteiger partial charge in [0.15, 0.2) is 11.0 Å². The van der Waals surface area contributed by atoms with Crippen molar-refractivity contribution in [3.8, 4) is 11.4 Å². The number of aryl methyl sites for hydroxylation is 1. The molecular formula is C19H26N4OS. The highest BCUT2D eigenvalue weighted by Gasteiger charge is 2.24. The monoisotopic (exact) mass is 358 g/mol. The summed E-state index contributed by atoms with van der Waals surface area (Å²) in [7, 11) is 1.96. The molecule has 1 unspecified atom stereocenters. The molecule has 1 aliphatic heterocycles. The summed E-state index contributed by atoms with van der Waals surface area (Å²) in [5.74, 6) is 1.05. The third-order valence-corrected chi connectivity index (χ3v) is 5.78. The summed E-state index contributed by atoms with van der Waals surface area (Å²) in [6.45, 7) is 5.81. The minimum Gasteiger partial charge on any atom is -0.342 e. The number of nitrogens with zero attached hydrogens (tertiary/aromatic N) is 4. The molecule has 2 aromatic rings. The van der Waals surface area contributed by atoms with Crippen LogP contribution >= 0.6 is 11.8 Å². The number of rotatable bonds is 4. The number of carbonyl (C=O) groups is 1. The van der Waals surface area contributed by atoms with E-state index >= 15 is 0 Å². The van der Waals surface area contributed by atoms with Crippen LogP contribution in [0, 0.1) is 6.92 Å². The molecule has 0 radical (unpaired) electrons. The second-order valence-corrected chi connectivity index (χ2v) is 8.04. The van der Waals surface area contributed by atoms with Crippen molar-refractivity contribution in [2.45, 2.75) is 49.9 Å². The van der Waals surface area contributed by atoms with Gasteiger partial charge < -0.3 is 9.47 Å². The van der Waals surface area contributed by atoms with Crippen molar-refractivity contribution >= 4 is 17.7 Å². The fourth-order valence-corrected chi connectivity index (χ4v) is 4.11. The Morgan fingerprint density at radius 1 is 1.16 bits per heavy atom. The van der Waals surface area contributed by atoms with E-state index in [2.05, 4.69) is 29.3 Å². The predicted molar refractivity (Wildman–Crippen MR) is 102 cm³/mol. The quantitative estimate of drug-likeness (QED) is 0.783. The van der Waals surface area contributed by atoms with Gasteiger partial charge in [-0.05, 0) is 32.8 Å². The third kappa shape index (κ3) is 4.24. The molecule has 5 nitrogen and oxygen atoms in total. The van der Waals surface area contributed by atoms with E-state index < -0.39 is 0 Å². The molecule has 3 rings (SSSR count). The first-order valence-electron chi connectivity index (χ1n) is 8.98. The molecule has 25 heavy (non-hydrogen) atoms. The van der Waals surface area contributed by atoms with Gasteiger partial charge in [0.2, 0.25) is 5.91 Å². The third-order valence-electron chi connectivity index (χ3n) is 4.66. The largest absolute Gasteiger partial charge is 0.342 e. The van der Waals surface area contributed by atoms with Gasteiger partial charge >= 0.3 is 0 Å². The molecule has 0 bridgehead atoms. The number of aromatic nitrogens is 3. The Labute approximate surface area is 153 Å². The average molecular weight is 359 g/mol. The van der Waals surface area contributed by atoms with Gasteiger partial charge in [-0.15, -0.1) is 10.2 Å². The lowest BCUT2D eigenvalue weighted by Gasteiger charge is -2.23. The molecule has 0 saturated carbocycles. The smallest absolute Gasteiger partial charge is 0.235 e. The second kappa shape index (κ2) is 8.04. The van der Waals surface area contributed by atoms with E-state index in [4.69, 9.17) is 0 Å². The summed E-state index contributed by atoms with van der Waals surface area (Å²) in [6, 6.07) is 8.23. The van der Waals surface area contributed by atoms with E-state index in [0.717, 1.165) is 42.5 Å². The van der Waals surface area contributed by atoms with E-state index in [1.54, 1.807) is 0 Å². The zero-order valence-corrected chi connectivity index (χ0v) is 16.1.